The molecule has 0 fully saturated rings. The maximum Gasteiger partial charge on any atom is 0.277 e. The number of benzene rings is 2. The van der Waals surface area contributed by atoms with Crippen LogP contribution in [0, 0.1) is 0 Å². The van der Waals surface area contributed by atoms with E-state index in [1.54, 1.807) is 36.4 Å². The van der Waals surface area contributed by atoms with Crippen molar-refractivity contribution in [1.82, 2.24) is 25.6 Å². The van der Waals surface area contributed by atoms with Crippen molar-refractivity contribution in [3.63, 3.8) is 0 Å². The largest absolute Gasteiger partial charge is 0.503 e. The number of rotatable bonds is 7. The Balaban J connectivity index is 1.51. The van der Waals surface area contributed by atoms with Crippen LogP contribution in [0.2, 0.25) is 0 Å². The van der Waals surface area contributed by atoms with Gasteiger partial charge in [-0.05, 0) is 68.3 Å². The first-order chi connectivity index (χ1) is 13.6. The summed E-state index contributed by atoms with van der Waals surface area (Å²) in [5, 5.41) is 24.5. The summed E-state index contributed by atoms with van der Waals surface area (Å²) >= 11 is 3.22. The summed E-state index contributed by atoms with van der Waals surface area (Å²) in [6.07, 6.45) is 2.90. The Morgan fingerprint density at radius 3 is 2.82 bits per heavy atom. The average molecular weight is 447 g/mol. The molecule has 0 saturated heterocycles. The molecule has 0 aliphatic rings. The second-order valence-electron chi connectivity index (χ2n) is 5.38. The molecule has 10 nitrogen and oxygen atoms in total. The molecule has 2 N–H and O–H groups in total. The Labute approximate surface area is 167 Å². The fraction of sp³-hybridized carbons (Fsp3) is 0.118. The molecule has 0 aliphatic heterocycles. The highest BCUT2D eigenvalue weighted by molar-refractivity contribution is 9.10. The molecule has 0 aliphatic carbocycles. The first kappa shape index (κ1) is 19.3. The minimum atomic E-state index is -0.425. The summed E-state index contributed by atoms with van der Waals surface area (Å²) in [7, 11) is 1.44. The number of aromatic hydroxyl groups is 1. The van der Waals surface area contributed by atoms with Crippen LogP contribution in [0.1, 0.15) is 5.56 Å². The number of nitrogens with zero attached hydrogens (tertiary/aromatic N) is 5. The zero-order chi connectivity index (χ0) is 19.9. The van der Waals surface area contributed by atoms with Crippen LogP contribution in [0.4, 0.5) is 0 Å². The number of phenolic OH excluding ortho intramolecular Hbond substituents is 1. The summed E-state index contributed by atoms with van der Waals surface area (Å²) in [6, 6.07) is 10.1. The molecule has 28 heavy (non-hydrogen) atoms. The number of amides is 1. The number of carbonyl (C=O) groups excluding carboxylic acids is 1. The fourth-order valence-electron chi connectivity index (χ4n) is 2.16. The molecule has 0 atom stereocenters. The Morgan fingerprint density at radius 1 is 1.36 bits per heavy atom. The maximum atomic E-state index is 11.8. The maximum absolute atomic E-state index is 11.8. The lowest BCUT2D eigenvalue weighted by Crippen LogP contribution is -2.24. The van der Waals surface area contributed by atoms with Crippen molar-refractivity contribution < 1.29 is 19.4 Å². The van der Waals surface area contributed by atoms with Gasteiger partial charge in [0, 0.05) is 0 Å². The lowest BCUT2D eigenvalue weighted by Gasteiger charge is -2.07. The molecule has 0 saturated carbocycles. The molecule has 0 unspecified atom stereocenters. The van der Waals surface area contributed by atoms with Crippen LogP contribution < -0.4 is 14.9 Å². The molecular formula is C17H15BrN6O4. The number of hydrogen-bond acceptors (Lipinski definition) is 8. The quantitative estimate of drug-likeness (QED) is 0.417. The number of aromatic nitrogens is 4. The van der Waals surface area contributed by atoms with Gasteiger partial charge in [-0.15, -0.1) is 5.10 Å². The normalized spacial score (nSPS) is 10.8. The number of tetrazole rings is 1. The molecule has 144 valence electrons. The molecule has 1 aromatic heterocycles. The van der Waals surface area contributed by atoms with E-state index in [1.807, 2.05) is 0 Å². The van der Waals surface area contributed by atoms with Crippen LogP contribution in [-0.4, -0.2) is 51.2 Å². The van der Waals surface area contributed by atoms with E-state index in [-0.39, 0.29) is 18.1 Å². The highest BCUT2D eigenvalue weighted by atomic mass is 79.9. The van der Waals surface area contributed by atoms with E-state index in [0.717, 1.165) is 5.69 Å². The predicted molar refractivity (Wildman–Crippen MR) is 103 cm³/mol. The van der Waals surface area contributed by atoms with Crippen LogP contribution in [0.3, 0.4) is 0 Å². The number of phenols is 1. The average Bonchev–Trinajstić information content (AvgIpc) is 3.24. The summed E-state index contributed by atoms with van der Waals surface area (Å²) < 4.78 is 12.4. The smallest absolute Gasteiger partial charge is 0.277 e. The van der Waals surface area contributed by atoms with E-state index >= 15 is 0 Å². The van der Waals surface area contributed by atoms with Crippen LogP contribution >= 0.6 is 15.9 Å². The standard InChI is InChI=1S/C17H15BrN6O4/c1-27-15-7-11(6-14(18)17(15)26)8-19-21-16(25)9-28-13-4-2-12(3-5-13)24-10-20-22-23-24/h2-8,10,26H,9H2,1H3,(H,21,25)/b19-8+. The van der Waals surface area contributed by atoms with E-state index in [1.165, 1.54) is 24.3 Å². The minimum absolute atomic E-state index is 0.0109. The lowest BCUT2D eigenvalue weighted by molar-refractivity contribution is -0.123. The van der Waals surface area contributed by atoms with Crippen LogP contribution in [0.25, 0.3) is 5.69 Å². The Morgan fingerprint density at radius 2 is 2.14 bits per heavy atom. The predicted octanol–water partition coefficient (Wildman–Crippen LogP) is 1.67. The third-order valence-corrected chi connectivity index (χ3v) is 4.10. The summed E-state index contributed by atoms with van der Waals surface area (Å²) in [4.78, 5) is 11.8. The van der Waals surface area contributed by atoms with Crippen molar-refractivity contribution in [2.45, 2.75) is 0 Å². The Kier molecular flexibility index (Phi) is 6.17. The summed E-state index contributed by atoms with van der Waals surface area (Å²) in [5.41, 5.74) is 3.75. The van der Waals surface area contributed by atoms with Crippen LogP contribution in [0.15, 0.2) is 52.3 Å². The molecule has 1 amide bonds. The number of hydrazone groups is 1. The van der Waals surface area contributed by atoms with Crippen molar-refractivity contribution in [1.29, 1.82) is 0 Å². The van der Waals surface area contributed by atoms with E-state index in [9.17, 15) is 9.90 Å². The van der Waals surface area contributed by atoms with Gasteiger partial charge in [0.1, 0.15) is 12.1 Å². The number of hydrogen-bond donors (Lipinski definition) is 2. The van der Waals surface area contributed by atoms with Crippen molar-refractivity contribution >= 4 is 28.1 Å². The topological polar surface area (TPSA) is 124 Å². The van der Waals surface area contributed by atoms with Crippen molar-refractivity contribution in [2.75, 3.05) is 13.7 Å². The second kappa shape index (κ2) is 8.95. The molecule has 0 radical (unpaired) electrons. The van der Waals surface area contributed by atoms with Gasteiger partial charge in [0.2, 0.25) is 0 Å². The van der Waals surface area contributed by atoms with Gasteiger partial charge in [0.15, 0.2) is 18.1 Å². The third kappa shape index (κ3) is 4.82. The minimum Gasteiger partial charge on any atom is -0.503 e. The zero-order valence-electron chi connectivity index (χ0n) is 14.6. The fourth-order valence-corrected chi connectivity index (χ4v) is 2.62. The number of methoxy groups -OCH3 is 1. The molecule has 3 aromatic rings. The van der Waals surface area contributed by atoms with Gasteiger partial charge in [-0.1, -0.05) is 0 Å². The SMILES string of the molecule is COc1cc(/C=N/NC(=O)COc2ccc(-n3cnnn3)cc2)cc(Br)c1O. The third-order valence-electron chi connectivity index (χ3n) is 3.49. The molecule has 1 heterocycles. The Hall–Kier alpha value is -3.47. The van der Waals surface area contributed by atoms with Gasteiger partial charge in [-0.25, -0.2) is 10.1 Å². The molecule has 3 rings (SSSR count). The Bertz CT molecular complexity index is 976. The van der Waals surface area contributed by atoms with Gasteiger partial charge in [0.05, 0.1) is 23.5 Å². The second-order valence-corrected chi connectivity index (χ2v) is 6.24. The van der Waals surface area contributed by atoms with E-state index in [4.69, 9.17) is 9.47 Å². The van der Waals surface area contributed by atoms with Gasteiger partial charge >= 0.3 is 0 Å². The number of halogens is 1. The van der Waals surface area contributed by atoms with Crippen LogP contribution in [-0.2, 0) is 4.79 Å². The van der Waals surface area contributed by atoms with E-state index in [0.29, 0.717) is 15.8 Å². The number of nitrogens with one attached hydrogen (secondary N) is 1. The van der Waals surface area contributed by atoms with Crippen molar-refractivity contribution in [3.8, 4) is 22.9 Å². The number of carbonyl (C=O) groups is 1. The first-order valence-corrected chi connectivity index (χ1v) is 8.70. The summed E-state index contributed by atoms with van der Waals surface area (Å²) in [6.45, 7) is -0.204. The highest BCUT2D eigenvalue weighted by Crippen LogP contribution is 2.34. The number of ether oxygens (including phenoxy) is 2. The lowest BCUT2D eigenvalue weighted by atomic mass is 10.2. The zero-order valence-corrected chi connectivity index (χ0v) is 16.2. The van der Waals surface area contributed by atoms with Gasteiger partial charge in [-0.3, -0.25) is 4.79 Å². The molecule has 0 bridgehead atoms. The molecule has 11 heteroatoms. The molecular weight excluding hydrogens is 432 g/mol. The van der Waals surface area contributed by atoms with E-state index in [2.05, 4.69) is 42.0 Å². The monoisotopic (exact) mass is 446 g/mol. The van der Waals surface area contributed by atoms with Crippen molar-refractivity contribution in [2.24, 2.45) is 5.10 Å². The van der Waals surface area contributed by atoms with Gasteiger partial charge in [-0.2, -0.15) is 5.10 Å². The van der Waals surface area contributed by atoms with Crippen LogP contribution in [0.5, 0.6) is 17.2 Å². The molecule has 2 aromatic carbocycles. The van der Waals surface area contributed by atoms with Crippen molar-refractivity contribution in [3.05, 3.63) is 52.8 Å². The van der Waals surface area contributed by atoms with Gasteiger partial charge in [0.25, 0.3) is 5.91 Å². The van der Waals surface area contributed by atoms with Gasteiger partial charge < -0.3 is 14.6 Å². The highest BCUT2D eigenvalue weighted by Gasteiger charge is 2.08. The van der Waals surface area contributed by atoms with E-state index < -0.39 is 5.91 Å². The molecule has 0 spiro atoms. The first-order valence-electron chi connectivity index (χ1n) is 7.91. The summed E-state index contributed by atoms with van der Waals surface area (Å²) in [5.74, 6) is 0.368.